The molecule has 1 aliphatic rings. The predicted octanol–water partition coefficient (Wildman–Crippen LogP) is 2.69. The SMILES string of the molecule is C[C@]1(COCc2ccccc2)CO[C@H](n2cnc3c(N)nc(F)nc32)C1. The molecule has 8 heteroatoms. The first-order valence-corrected chi connectivity index (χ1v) is 8.43. The number of hydrogen-bond acceptors (Lipinski definition) is 6. The number of nitrogens with zero attached hydrogens (tertiary/aromatic N) is 4. The van der Waals surface area contributed by atoms with Crippen molar-refractivity contribution in [1.82, 2.24) is 19.5 Å². The van der Waals surface area contributed by atoms with Gasteiger partial charge in [-0.2, -0.15) is 14.4 Å². The first-order valence-electron chi connectivity index (χ1n) is 8.43. The van der Waals surface area contributed by atoms with Crippen LogP contribution in [0.2, 0.25) is 0 Å². The minimum absolute atomic E-state index is 0.0261. The number of ether oxygens (including phenoxy) is 2. The van der Waals surface area contributed by atoms with Crippen molar-refractivity contribution >= 4 is 17.0 Å². The standard InChI is InChI=1S/C18H20FN5O2/c1-18(9-25-8-12-5-3-2-4-6-12)7-13(26-10-18)24-11-21-14-15(20)22-17(19)23-16(14)24/h2-6,11,13H,7-10H2,1H3,(H2,20,22,23)/t13-,18-/m0/s1. The van der Waals surface area contributed by atoms with E-state index in [-0.39, 0.29) is 17.5 Å². The number of halogens is 1. The number of imidazole rings is 1. The zero-order chi connectivity index (χ0) is 18.1. The topological polar surface area (TPSA) is 88.1 Å². The first kappa shape index (κ1) is 16.9. The lowest BCUT2D eigenvalue weighted by Crippen LogP contribution is -2.23. The summed E-state index contributed by atoms with van der Waals surface area (Å²) in [6.07, 6.45) is 1.11. The maximum atomic E-state index is 13.5. The number of rotatable bonds is 5. The molecule has 7 nitrogen and oxygen atoms in total. The van der Waals surface area contributed by atoms with Crippen LogP contribution in [0.1, 0.15) is 25.1 Å². The summed E-state index contributed by atoms with van der Waals surface area (Å²) < 4.78 is 27.0. The third-order valence-electron chi connectivity index (χ3n) is 4.59. The highest BCUT2D eigenvalue weighted by Crippen LogP contribution is 2.39. The Morgan fingerprint density at radius 1 is 1.35 bits per heavy atom. The minimum atomic E-state index is -0.872. The summed E-state index contributed by atoms with van der Waals surface area (Å²) in [4.78, 5) is 11.5. The van der Waals surface area contributed by atoms with Gasteiger partial charge in [-0.1, -0.05) is 37.3 Å². The number of aromatic nitrogens is 4. The molecule has 1 fully saturated rings. The molecule has 4 rings (SSSR count). The van der Waals surface area contributed by atoms with E-state index in [1.807, 2.05) is 30.3 Å². The van der Waals surface area contributed by atoms with Crippen LogP contribution in [-0.2, 0) is 16.1 Å². The Balaban J connectivity index is 1.44. The monoisotopic (exact) mass is 357 g/mol. The number of hydrogen-bond donors (Lipinski definition) is 1. The normalized spacial score (nSPS) is 22.9. The number of benzene rings is 1. The van der Waals surface area contributed by atoms with Gasteiger partial charge in [-0.15, -0.1) is 0 Å². The van der Waals surface area contributed by atoms with E-state index in [4.69, 9.17) is 15.2 Å². The molecule has 2 atom stereocenters. The molecule has 26 heavy (non-hydrogen) atoms. The zero-order valence-corrected chi connectivity index (χ0v) is 14.4. The fourth-order valence-electron chi connectivity index (χ4n) is 3.23. The Morgan fingerprint density at radius 2 is 2.15 bits per heavy atom. The van der Waals surface area contributed by atoms with Gasteiger partial charge in [0, 0.05) is 11.8 Å². The minimum Gasteiger partial charge on any atom is -0.382 e. The summed E-state index contributed by atoms with van der Waals surface area (Å²) in [5.41, 5.74) is 7.42. The third-order valence-corrected chi connectivity index (χ3v) is 4.59. The van der Waals surface area contributed by atoms with Crippen molar-refractivity contribution in [2.45, 2.75) is 26.2 Å². The van der Waals surface area contributed by atoms with E-state index in [0.29, 0.717) is 37.4 Å². The van der Waals surface area contributed by atoms with Crippen molar-refractivity contribution in [1.29, 1.82) is 0 Å². The quantitative estimate of drug-likeness (QED) is 0.707. The van der Waals surface area contributed by atoms with Gasteiger partial charge >= 0.3 is 6.08 Å². The van der Waals surface area contributed by atoms with Gasteiger partial charge in [-0.05, 0) is 5.56 Å². The number of anilines is 1. The van der Waals surface area contributed by atoms with Crippen LogP contribution in [-0.4, -0.2) is 32.7 Å². The van der Waals surface area contributed by atoms with Crippen LogP contribution in [0, 0.1) is 11.5 Å². The molecule has 0 spiro atoms. The molecule has 0 saturated carbocycles. The molecule has 1 aliphatic heterocycles. The Bertz CT molecular complexity index is 917. The summed E-state index contributed by atoms with van der Waals surface area (Å²) in [6.45, 7) is 3.77. The van der Waals surface area contributed by atoms with Gasteiger partial charge < -0.3 is 15.2 Å². The summed E-state index contributed by atoms with van der Waals surface area (Å²) in [7, 11) is 0. The molecular formula is C18H20FN5O2. The Kier molecular flexibility index (Phi) is 4.29. The second kappa shape index (κ2) is 6.62. The van der Waals surface area contributed by atoms with Crippen LogP contribution in [0.3, 0.4) is 0 Å². The lowest BCUT2D eigenvalue weighted by molar-refractivity contribution is 0.0232. The van der Waals surface area contributed by atoms with E-state index in [0.717, 1.165) is 5.56 Å². The summed E-state index contributed by atoms with van der Waals surface area (Å²) >= 11 is 0. The average molecular weight is 357 g/mol. The Hall–Kier alpha value is -2.58. The molecule has 3 aromatic rings. The molecule has 2 aromatic heterocycles. The molecular weight excluding hydrogens is 337 g/mol. The van der Waals surface area contributed by atoms with Crippen LogP contribution < -0.4 is 5.73 Å². The van der Waals surface area contributed by atoms with Gasteiger partial charge in [0.1, 0.15) is 6.23 Å². The van der Waals surface area contributed by atoms with E-state index < -0.39 is 6.08 Å². The third kappa shape index (κ3) is 3.25. The fraction of sp³-hybridized carbons (Fsp3) is 0.389. The van der Waals surface area contributed by atoms with E-state index in [2.05, 4.69) is 21.9 Å². The van der Waals surface area contributed by atoms with Crippen molar-refractivity contribution in [3.8, 4) is 0 Å². The fourth-order valence-corrected chi connectivity index (χ4v) is 3.23. The molecule has 0 amide bonds. The number of nitrogen functional groups attached to an aromatic ring is 1. The van der Waals surface area contributed by atoms with Gasteiger partial charge in [0.2, 0.25) is 0 Å². The van der Waals surface area contributed by atoms with E-state index in [1.54, 1.807) is 10.9 Å². The van der Waals surface area contributed by atoms with Crippen molar-refractivity contribution in [3.05, 3.63) is 48.3 Å². The summed E-state index contributed by atoms with van der Waals surface area (Å²) in [5, 5.41) is 0. The zero-order valence-electron chi connectivity index (χ0n) is 14.4. The smallest absolute Gasteiger partial charge is 0.312 e. The number of nitrogens with two attached hydrogens (primary N) is 1. The van der Waals surface area contributed by atoms with Crippen LogP contribution in [0.15, 0.2) is 36.7 Å². The Morgan fingerprint density at radius 3 is 2.96 bits per heavy atom. The lowest BCUT2D eigenvalue weighted by atomic mass is 9.90. The van der Waals surface area contributed by atoms with Gasteiger partial charge in [-0.3, -0.25) is 4.57 Å². The van der Waals surface area contributed by atoms with Crippen LogP contribution in [0.4, 0.5) is 10.2 Å². The van der Waals surface area contributed by atoms with Crippen molar-refractivity contribution in [2.75, 3.05) is 18.9 Å². The predicted molar refractivity (Wildman–Crippen MR) is 93.5 cm³/mol. The molecule has 1 aromatic carbocycles. The van der Waals surface area contributed by atoms with E-state index >= 15 is 0 Å². The van der Waals surface area contributed by atoms with Gasteiger partial charge in [-0.25, -0.2) is 4.98 Å². The number of fused-ring (bicyclic) bond motifs is 1. The molecule has 136 valence electrons. The van der Waals surface area contributed by atoms with Gasteiger partial charge in [0.05, 0.1) is 26.1 Å². The highest BCUT2D eigenvalue weighted by molar-refractivity contribution is 5.81. The molecule has 2 N–H and O–H groups in total. The van der Waals surface area contributed by atoms with Crippen LogP contribution >= 0.6 is 0 Å². The first-order chi connectivity index (χ1) is 12.5. The largest absolute Gasteiger partial charge is 0.382 e. The average Bonchev–Trinajstić information content (AvgIpc) is 3.20. The van der Waals surface area contributed by atoms with Crippen molar-refractivity contribution in [2.24, 2.45) is 5.41 Å². The summed E-state index contributed by atoms with van der Waals surface area (Å²) in [6, 6.07) is 10.0. The molecule has 1 saturated heterocycles. The van der Waals surface area contributed by atoms with E-state index in [9.17, 15) is 4.39 Å². The second-order valence-corrected chi connectivity index (χ2v) is 6.96. The molecule has 0 radical (unpaired) electrons. The van der Waals surface area contributed by atoms with Gasteiger partial charge in [0.15, 0.2) is 17.0 Å². The molecule has 0 bridgehead atoms. The maximum absolute atomic E-state index is 13.5. The second-order valence-electron chi connectivity index (χ2n) is 6.96. The van der Waals surface area contributed by atoms with Gasteiger partial charge in [0.25, 0.3) is 0 Å². The molecule has 0 unspecified atom stereocenters. The highest BCUT2D eigenvalue weighted by atomic mass is 19.1. The maximum Gasteiger partial charge on any atom is 0.312 e. The summed E-state index contributed by atoms with van der Waals surface area (Å²) in [5.74, 6) is 0.0261. The van der Waals surface area contributed by atoms with Crippen LogP contribution in [0.5, 0.6) is 0 Å². The Labute approximate surface area is 150 Å². The van der Waals surface area contributed by atoms with Crippen molar-refractivity contribution in [3.63, 3.8) is 0 Å². The lowest BCUT2D eigenvalue weighted by Gasteiger charge is -2.21. The molecule has 0 aliphatic carbocycles. The van der Waals surface area contributed by atoms with Crippen LogP contribution in [0.25, 0.3) is 11.2 Å². The van der Waals surface area contributed by atoms with Crippen molar-refractivity contribution < 1.29 is 13.9 Å². The highest BCUT2D eigenvalue weighted by Gasteiger charge is 2.38. The van der Waals surface area contributed by atoms with E-state index in [1.165, 1.54) is 0 Å². The molecule has 3 heterocycles.